The molecule has 0 radical (unpaired) electrons. The van der Waals surface area contributed by atoms with Crippen LogP contribution in [0.1, 0.15) is 39.3 Å². The highest BCUT2D eigenvalue weighted by atomic mass is 35.5. The molecule has 10 heteroatoms. The minimum atomic E-state index is -1.73. The minimum Gasteiger partial charge on any atom is -0.465 e. The first-order chi connectivity index (χ1) is 10.6. The van der Waals surface area contributed by atoms with Crippen LogP contribution in [0, 0.1) is 10.1 Å². The van der Waals surface area contributed by atoms with Gasteiger partial charge in [-0.05, 0) is 39.3 Å². The van der Waals surface area contributed by atoms with Crippen molar-refractivity contribution in [3.8, 4) is 0 Å². The second-order valence-corrected chi connectivity index (χ2v) is 5.72. The Hall–Kier alpha value is -2.29. The summed E-state index contributed by atoms with van der Waals surface area (Å²) in [6, 6.07) is 0. The number of esters is 2. The molecule has 0 aromatic carbocycles. The number of hydrogen-bond donors (Lipinski definition) is 0. The van der Waals surface area contributed by atoms with Crippen LogP contribution < -0.4 is 0 Å². The number of halogens is 1. The summed E-state index contributed by atoms with van der Waals surface area (Å²) in [6.45, 7) is 6.29. The molecule has 1 aromatic rings. The third-order valence-corrected chi connectivity index (χ3v) is 2.59. The Labute approximate surface area is 137 Å². The van der Waals surface area contributed by atoms with E-state index < -0.39 is 39.8 Å². The van der Waals surface area contributed by atoms with E-state index in [1.54, 1.807) is 20.8 Å². The molecule has 0 amide bonds. The highest BCUT2D eigenvalue weighted by Gasteiger charge is 2.40. The number of hydrogen-bond acceptors (Lipinski definition) is 8. The Balaban J connectivity index is 3.40. The fourth-order valence-electron chi connectivity index (χ4n) is 1.62. The second kappa shape index (κ2) is 7.32. The highest BCUT2D eigenvalue weighted by molar-refractivity contribution is 6.28. The minimum absolute atomic E-state index is 0.0231. The van der Waals surface area contributed by atoms with Crippen LogP contribution in [-0.2, 0) is 19.1 Å². The van der Waals surface area contributed by atoms with Crippen molar-refractivity contribution in [2.24, 2.45) is 0 Å². The molecular formula is C13H16ClN3O6. The Morgan fingerprint density at radius 2 is 2.00 bits per heavy atom. The summed E-state index contributed by atoms with van der Waals surface area (Å²) < 4.78 is 9.93. The van der Waals surface area contributed by atoms with Crippen LogP contribution in [0.25, 0.3) is 0 Å². The lowest BCUT2D eigenvalue weighted by Gasteiger charge is -2.22. The first kappa shape index (κ1) is 18.8. The van der Waals surface area contributed by atoms with Gasteiger partial charge in [0.05, 0.1) is 11.5 Å². The van der Waals surface area contributed by atoms with Gasteiger partial charge in [-0.15, -0.1) is 0 Å². The first-order valence-electron chi connectivity index (χ1n) is 6.63. The van der Waals surface area contributed by atoms with Gasteiger partial charge in [0.1, 0.15) is 17.5 Å². The molecule has 0 aliphatic heterocycles. The zero-order valence-electron chi connectivity index (χ0n) is 13.0. The zero-order valence-corrected chi connectivity index (χ0v) is 13.8. The van der Waals surface area contributed by atoms with Gasteiger partial charge < -0.3 is 9.47 Å². The number of carbonyl (C=O) groups excluding carboxylic acids is 2. The van der Waals surface area contributed by atoms with Gasteiger partial charge in [0, 0.05) is 0 Å². The first-order valence-corrected chi connectivity index (χ1v) is 7.01. The summed E-state index contributed by atoms with van der Waals surface area (Å²) in [5.41, 5.74) is -2.01. The van der Waals surface area contributed by atoms with E-state index in [0.29, 0.717) is 0 Å². The van der Waals surface area contributed by atoms with Crippen molar-refractivity contribution in [2.45, 2.75) is 39.2 Å². The van der Waals surface area contributed by atoms with E-state index in [1.807, 2.05) is 0 Å². The fourth-order valence-corrected chi connectivity index (χ4v) is 1.76. The number of ether oxygens (including phenoxy) is 2. The van der Waals surface area contributed by atoms with E-state index in [0.717, 1.165) is 6.20 Å². The van der Waals surface area contributed by atoms with E-state index in [-0.39, 0.29) is 11.9 Å². The fraction of sp³-hybridized carbons (Fsp3) is 0.538. The van der Waals surface area contributed by atoms with Gasteiger partial charge in [0.15, 0.2) is 0 Å². The summed E-state index contributed by atoms with van der Waals surface area (Å²) >= 11 is 5.64. The maximum Gasteiger partial charge on any atom is 0.327 e. The largest absolute Gasteiger partial charge is 0.465 e. The summed E-state index contributed by atoms with van der Waals surface area (Å²) in [5.74, 6) is -3.76. The van der Waals surface area contributed by atoms with Crippen molar-refractivity contribution in [1.29, 1.82) is 0 Å². The number of rotatable bonds is 5. The van der Waals surface area contributed by atoms with Crippen molar-refractivity contribution in [3.63, 3.8) is 0 Å². The molecule has 1 heterocycles. The zero-order chi connectivity index (χ0) is 17.8. The molecule has 0 saturated carbocycles. The smallest absolute Gasteiger partial charge is 0.327 e. The van der Waals surface area contributed by atoms with E-state index in [1.165, 1.54) is 6.92 Å². The van der Waals surface area contributed by atoms with Gasteiger partial charge >= 0.3 is 17.6 Å². The summed E-state index contributed by atoms with van der Waals surface area (Å²) in [6.07, 6.45) is 0.821. The molecule has 1 aromatic heterocycles. The molecule has 126 valence electrons. The van der Waals surface area contributed by atoms with Crippen LogP contribution in [0.15, 0.2) is 6.20 Å². The lowest BCUT2D eigenvalue weighted by atomic mass is 10.0. The predicted octanol–water partition coefficient (Wildman–Crippen LogP) is 2.03. The summed E-state index contributed by atoms with van der Waals surface area (Å²) in [7, 11) is 0. The van der Waals surface area contributed by atoms with Crippen molar-refractivity contribution >= 4 is 29.2 Å². The Kier molecular flexibility index (Phi) is 5.97. The van der Waals surface area contributed by atoms with Crippen molar-refractivity contribution in [1.82, 2.24) is 9.97 Å². The average Bonchev–Trinajstić information content (AvgIpc) is 2.36. The molecule has 0 N–H and O–H groups in total. The van der Waals surface area contributed by atoms with Crippen LogP contribution in [0.5, 0.6) is 0 Å². The van der Waals surface area contributed by atoms with Crippen LogP contribution in [0.4, 0.5) is 5.69 Å². The van der Waals surface area contributed by atoms with Gasteiger partial charge in [-0.2, -0.15) is 0 Å². The molecule has 0 aliphatic rings. The molecule has 0 saturated heterocycles. The molecule has 23 heavy (non-hydrogen) atoms. The molecule has 1 unspecified atom stereocenters. The monoisotopic (exact) mass is 345 g/mol. The molecule has 1 rings (SSSR count). The molecule has 1 atom stereocenters. The average molecular weight is 346 g/mol. The van der Waals surface area contributed by atoms with Gasteiger partial charge in [-0.1, -0.05) is 0 Å². The Bertz CT molecular complexity index is 629. The van der Waals surface area contributed by atoms with Crippen molar-refractivity contribution < 1.29 is 24.0 Å². The van der Waals surface area contributed by atoms with Crippen molar-refractivity contribution in [2.75, 3.05) is 6.61 Å². The van der Waals surface area contributed by atoms with Crippen LogP contribution in [0.3, 0.4) is 0 Å². The van der Waals surface area contributed by atoms with Crippen LogP contribution >= 0.6 is 11.6 Å². The highest BCUT2D eigenvalue weighted by Crippen LogP contribution is 2.28. The van der Waals surface area contributed by atoms with E-state index >= 15 is 0 Å². The maximum absolute atomic E-state index is 12.3. The topological polar surface area (TPSA) is 122 Å². The van der Waals surface area contributed by atoms with E-state index in [2.05, 4.69) is 9.97 Å². The molecule has 0 fully saturated rings. The van der Waals surface area contributed by atoms with Crippen LogP contribution in [-0.4, -0.2) is 39.0 Å². The molecule has 9 nitrogen and oxygen atoms in total. The van der Waals surface area contributed by atoms with Gasteiger partial charge in [0.2, 0.25) is 11.2 Å². The predicted molar refractivity (Wildman–Crippen MR) is 78.9 cm³/mol. The molecular weight excluding hydrogens is 330 g/mol. The lowest BCUT2D eigenvalue weighted by molar-refractivity contribution is -0.386. The standard InChI is InChI=1S/C13H16ClN3O6/c1-5-22-10(18)8(11(19)23-13(2,3)4)9-7(17(20)21)6-15-12(14)16-9/h6,8H,5H2,1-4H3. The quantitative estimate of drug-likeness (QED) is 0.261. The second-order valence-electron chi connectivity index (χ2n) is 5.39. The number of nitrogens with zero attached hydrogens (tertiary/aromatic N) is 3. The number of nitro groups is 1. The third kappa shape index (κ3) is 5.13. The van der Waals surface area contributed by atoms with E-state index in [9.17, 15) is 19.7 Å². The van der Waals surface area contributed by atoms with Gasteiger partial charge in [-0.3, -0.25) is 19.7 Å². The number of aromatic nitrogens is 2. The van der Waals surface area contributed by atoms with Crippen molar-refractivity contribution in [3.05, 3.63) is 27.3 Å². The van der Waals surface area contributed by atoms with E-state index in [4.69, 9.17) is 21.1 Å². The number of carbonyl (C=O) groups is 2. The summed E-state index contributed by atoms with van der Waals surface area (Å²) in [4.78, 5) is 41.9. The normalized spacial score (nSPS) is 12.4. The summed E-state index contributed by atoms with van der Waals surface area (Å²) in [5, 5.41) is 10.8. The van der Waals surface area contributed by atoms with Crippen LogP contribution in [0.2, 0.25) is 5.28 Å². The van der Waals surface area contributed by atoms with Gasteiger partial charge in [0.25, 0.3) is 0 Å². The molecule has 0 aliphatic carbocycles. The Morgan fingerprint density at radius 3 is 2.48 bits per heavy atom. The maximum atomic E-state index is 12.3. The molecule has 0 bridgehead atoms. The lowest BCUT2D eigenvalue weighted by Crippen LogP contribution is -2.33. The van der Waals surface area contributed by atoms with Gasteiger partial charge in [-0.25, -0.2) is 9.97 Å². The molecule has 0 spiro atoms. The Morgan fingerprint density at radius 1 is 1.39 bits per heavy atom. The SMILES string of the molecule is CCOC(=O)C(C(=O)OC(C)(C)C)c1nc(Cl)ncc1[N+](=O)[O-]. The third-order valence-electron chi connectivity index (χ3n) is 2.40.